The normalized spacial score (nSPS) is 17.5. The third-order valence-electron chi connectivity index (χ3n) is 3.96. The lowest BCUT2D eigenvalue weighted by Crippen LogP contribution is -2.38. The highest BCUT2D eigenvalue weighted by atomic mass is 16.5. The van der Waals surface area contributed by atoms with Gasteiger partial charge in [-0.15, -0.1) is 0 Å². The van der Waals surface area contributed by atoms with Gasteiger partial charge in [-0.3, -0.25) is 0 Å². The molecule has 0 spiro atoms. The highest BCUT2D eigenvalue weighted by Gasteiger charge is 2.15. The zero-order chi connectivity index (χ0) is 15.4. The summed E-state index contributed by atoms with van der Waals surface area (Å²) in [6.07, 6.45) is 3.09. The highest BCUT2D eigenvalue weighted by Crippen LogP contribution is 2.23. The first-order chi connectivity index (χ1) is 10.7. The molecule has 0 aliphatic carbocycles. The van der Waals surface area contributed by atoms with Crippen LogP contribution < -0.4 is 10.4 Å². The topological polar surface area (TPSA) is 62.9 Å². The quantitative estimate of drug-likeness (QED) is 0.856. The van der Waals surface area contributed by atoms with Gasteiger partial charge in [-0.2, -0.15) is 0 Å². The second kappa shape index (κ2) is 6.94. The molecular weight excluding hydrogens is 282 g/mol. The summed E-state index contributed by atoms with van der Waals surface area (Å²) in [4.78, 5) is 13.8. The molecule has 0 amide bonds. The maximum atomic E-state index is 11.5. The SMILES string of the molecule is O=c1cc(OC[C@@H](O)CN2CCCCC2)c2ccccc2o1. The Labute approximate surface area is 129 Å². The van der Waals surface area contributed by atoms with Gasteiger partial charge in [0.05, 0.1) is 11.5 Å². The maximum absolute atomic E-state index is 11.5. The fourth-order valence-corrected chi connectivity index (χ4v) is 2.88. The van der Waals surface area contributed by atoms with E-state index in [0.29, 0.717) is 17.9 Å². The van der Waals surface area contributed by atoms with Crippen LogP contribution >= 0.6 is 0 Å². The largest absolute Gasteiger partial charge is 0.490 e. The van der Waals surface area contributed by atoms with E-state index in [2.05, 4.69) is 4.90 Å². The summed E-state index contributed by atoms with van der Waals surface area (Å²) in [6.45, 7) is 2.85. The van der Waals surface area contributed by atoms with E-state index in [1.165, 1.54) is 25.3 Å². The second-order valence-electron chi connectivity index (χ2n) is 5.75. The van der Waals surface area contributed by atoms with Gasteiger partial charge in [0.15, 0.2) is 0 Å². The number of ether oxygens (including phenoxy) is 1. The number of likely N-dealkylation sites (tertiary alicyclic amines) is 1. The lowest BCUT2D eigenvalue weighted by molar-refractivity contribution is 0.0620. The summed E-state index contributed by atoms with van der Waals surface area (Å²) < 4.78 is 10.8. The molecule has 1 aliphatic heterocycles. The van der Waals surface area contributed by atoms with Gasteiger partial charge in [0.1, 0.15) is 24.0 Å². The molecule has 5 heteroatoms. The number of fused-ring (bicyclic) bond motifs is 1. The molecule has 2 aromatic rings. The first-order valence-corrected chi connectivity index (χ1v) is 7.78. The smallest absolute Gasteiger partial charge is 0.339 e. The number of nitrogens with zero attached hydrogens (tertiary/aromatic N) is 1. The molecule has 1 aromatic carbocycles. The van der Waals surface area contributed by atoms with E-state index in [4.69, 9.17) is 9.15 Å². The average molecular weight is 303 g/mol. The average Bonchev–Trinajstić information content (AvgIpc) is 2.53. The molecule has 1 aliphatic rings. The van der Waals surface area contributed by atoms with Crippen LogP contribution in [0.4, 0.5) is 0 Å². The Bertz CT molecular complexity index is 676. The Morgan fingerprint density at radius 1 is 1.23 bits per heavy atom. The van der Waals surface area contributed by atoms with Crippen LogP contribution in [-0.2, 0) is 0 Å². The fraction of sp³-hybridized carbons (Fsp3) is 0.471. The van der Waals surface area contributed by atoms with E-state index >= 15 is 0 Å². The van der Waals surface area contributed by atoms with E-state index in [0.717, 1.165) is 18.5 Å². The van der Waals surface area contributed by atoms with Crippen LogP contribution in [0.15, 0.2) is 39.5 Å². The number of para-hydroxylation sites is 1. The molecule has 3 rings (SSSR count). The van der Waals surface area contributed by atoms with Gasteiger partial charge in [0, 0.05) is 6.54 Å². The molecule has 1 aromatic heterocycles. The van der Waals surface area contributed by atoms with Crippen LogP contribution in [0.2, 0.25) is 0 Å². The third kappa shape index (κ3) is 3.67. The van der Waals surface area contributed by atoms with Crippen molar-refractivity contribution in [3.8, 4) is 5.75 Å². The van der Waals surface area contributed by atoms with Crippen LogP contribution in [-0.4, -0.2) is 42.4 Å². The number of hydrogen-bond donors (Lipinski definition) is 1. The zero-order valence-electron chi connectivity index (χ0n) is 12.5. The molecule has 5 nitrogen and oxygen atoms in total. The number of β-amino-alcohol motifs (C(OH)–C–C–N with tert-alkyl or cyclic N) is 1. The van der Waals surface area contributed by atoms with Crippen molar-refractivity contribution in [1.29, 1.82) is 0 Å². The molecular formula is C17H21NO4. The van der Waals surface area contributed by atoms with Crippen LogP contribution in [0.3, 0.4) is 0 Å². The van der Waals surface area contributed by atoms with Crippen molar-refractivity contribution in [3.05, 3.63) is 40.8 Å². The number of benzene rings is 1. The van der Waals surface area contributed by atoms with Gasteiger partial charge in [0.25, 0.3) is 0 Å². The first-order valence-electron chi connectivity index (χ1n) is 7.78. The Hall–Kier alpha value is -1.85. The van der Waals surface area contributed by atoms with Crippen molar-refractivity contribution in [3.63, 3.8) is 0 Å². The van der Waals surface area contributed by atoms with Crippen molar-refractivity contribution in [2.24, 2.45) is 0 Å². The third-order valence-corrected chi connectivity index (χ3v) is 3.96. The van der Waals surface area contributed by atoms with Gasteiger partial charge in [0.2, 0.25) is 0 Å². The van der Waals surface area contributed by atoms with Crippen LogP contribution in [0, 0.1) is 0 Å². The Morgan fingerprint density at radius 3 is 2.82 bits per heavy atom. The molecule has 2 heterocycles. The number of piperidine rings is 1. The van der Waals surface area contributed by atoms with E-state index in [1.54, 1.807) is 12.1 Å². The molecule has 0 radical (unpaired) electrons. The van der Waals surface area contributed by atoms with Gasteiger partial charge < -0.3 is 19.2 Å². The van der Waals surface area contributed by atoms with E-state index in [-0.39, 0.29) is 6.61 Å². The predicted octanol–water partition coefficient (Wildman–Crippen LogP) is 2.02. The summed E-state index contributed by atoms with van der Waals surface area (Å²) in [6, 6.07) is 8.56. The predicted molar refractivity (Wildman–Crippen MR) is 84.3 cm³/mol. The molecule has 0 saturated carbocycles. The molecule has 1 N–H and O–H groups in total. The Kier molecular flexibility index (Phi) is 4.75. The number of hydrogen-bond acceptors (Lipinski definition) is 5. The van der Waals surface area contributed by atoms with Gasteiger partial charge >= 0.3 is 5.63 Å². The van der Waals surface area contributed by atoms with E-state index in [1.807, 2.05) is 12.1 Å². The molecule has 22 heavy (non-hydrogen) atoms. The van der Waals surface area contributed by atoms with Crippen molar-refractivity contribution in [2.45, 2.75) is 25.4 Å². The first kappa shape index (κ1) is 15.1. The second-order valence-corrected chi connectivity index (χ2v) is 5.75. The molecule has 0 bridgehead atoms. The monoisotopic (exact) mass is 303 g/mol. The summed E-state index contributed by atoms with van der Waals surface area (Å²) in [7, 11) is 0. The summed E-state index contributed by atoms with van der Waals surface area (Å²) >= 11 is 0. The lowest BCUT2D eigenvalue weighted by Gasteiger charge is -2.28. The van der Waals surface area contributed by atoms with Crippen molar-refractivity contribution < 1.29 is 14.3 Å². The molecule has 118 valence electrons. The molecule has 0 unspecified atom stereocenters. The van der Waals surface area contributed by atoms with E-state index < -0.39 is 11.7 Å². The molecule has 1 saturated heterocycles. The fourth-order valence-electron chi connectivity index (χ4n) is 2.88. The van der Waals surface area contributed by atoms with Crippen LogP contribution in [0.1, 0.15) is 19.3 Å². The van der Waals surface area contributed by atoms with E-state index in [9.17, 15) is 9.90 Å². The van der Waals surface area contributed by atoms with Gasteiger partial charge in [-0.1, -0.05) is 18.6 Å². The highest BCUT2D eigenvalue weighted by molar-refractivity contribution is 5.82. The molecule has 1 atom stereocenters. The summed E-state index contributed by atoms with van der Waals surface area (Å²) in [5, 5.41) is 10.9. The van der Waals surface area contributed by atoms with Crippen molar-refractivity contribution >= 4 is 11.0 Å². The van der Waals surface area contributed by atoms with Crippen LogP contribution in [0.5, 0.6) is 5.75 Å². The minimum Gasteiger partial charge on any atom is -0.490 e. The van der Waals surface area contributed by atoms with Crippen molar-refractivity contribution in [1.82, 2.24) is 4.90 Å². The number of aliphatic hydroxyl groups is 1. The Morgan fingerprint density at radius 2 is 2.00 bits per heavy atom. The zero-order valence-corrected chi connectivity index (χ0v) is 12.5. The number of rotatable bonds is 5. The number of aliphatic hydroxyl groups excluding tert-OH is 1. The standard InChI is InChI=1S/C17H21NO4/c19-13(11-18-8-4-1-5-9-18)12-21-16-10-17(20)22-15-7-3-2-6-14(15)16/h2-3,6-7,10,13,19H,1,4-5,8-9,11-12H2/t13-/m0/s1. The molecule has 1 fully saturated rings. The minimum atomic E-state index is -0.566. The van der Waals surface area contributed by atoms with Gasteiger partial charge in [-0.05, 0) is 38.1 Å². The van der Waals surface area contributed by atoms with Crippen molar-refractivity contribution in [2.75, 3.05) is 26.2 Å². The lowest BCUT2D eigenvalue weighted by atomic mass is 10.1. The summed E-state index contributed by atoms with van der Waals surface area (Å²) in [5.74, 6) is 0.463. The minimum absolute atomic E-state index is 0.171. The van der Waals surface area contributed by atoms with Crippen LogP contribution in [0.25, 0.3) is 11.0 Å². The van der Waals surface area contributed by atoms with Gasteiger partial charge in [-0.25, -0.2) is 4.79 Å². The maximum Gasteiger partial charge on any atom is 0.339 e. The Balaban J connectivity index is 1.64. The summed E-state index contributed by atoms with van der Waals surface area (Å²) in [5.41, 5.74) is 0.0507.